The molecule has 6 heteroatoms. The normalized spacial score (nSPS) is 10.9. The highest BCUT2D eigenvalue weighted by atomic mass is 79.9. The smallest absolute Gasteiger partial charge is 0.161 e. The van der Waals surface area contributed by atoms with Crippen LogP contribution in [0.15, 0.2) is 71.5 Å². The molecular weight excluding hydrogens is 428 g/mol. The van der Waals surface area contributed by atoms with Crippen LogP contribution in [-0.4, -0.2) is 16.5 Å². The van der Waals surface area contributed by atoms with E-state index >= 15 is 0 Å². The minimum absolute atomic E-state index is 0.440. The van der Waals surface area contributed by atoms with Crippen molar-refractivity contribution in [1.29, 1.82) is 0 Å². The predicted molar refractivity (Wildman–Crippen MR) is 111 cm³/mol. The van der Waals surface area contributed by atoms with Gasteiger partial charge in [0.05, 0.1) is 12.8 Å². The Bertz CT molecular complexity index is 1090. The minimum Gasteiger partial charge on any atom is -0.493 e. The molecule has 0 amide bonds. The molecule has 2 aromatic carbocycles. The third-order valence-corrected chi connectivity index (χ3v) is 4.90. The zero-order chi connectivity index (χ0) is 18.8. The average Bonchev–Trinajstić information content (AvgIpc) is 3.10. The fraction of sp³-hybridized carbons (Fsp3) is 0.0952. The summed E-state index contributed by atoms with van der Waals surface area (Å²) in [5.74, 6) is 1.35. The lowest BCUT2D eigenvalue weighted by Crippen LogP contribution is -1.97. The van der Waals surface area contributed by atoms with Gasteiger partial charge >= 0.3 is 0 Å². The summed E-state index contributed by atoms with van der Waals surface area (Å²) in [5, 5.41) is 0.708. The van der Waals surface area contributed by atoms with Crippen LogP contribution in [-0.2, 0) is 6.61 Å². The van der Waals surface area contributed by atoms with Crippen molar-refractivity contribution in [2.75, 3.05) is 7.11 Å². The number of hydrogen-bond donors (Lipinski definition) is 0. The number of aromatic nitrogens is 2. The van der Waals surface area contributed by atoms with Gasteiger partial charge in [-0.15, -0.1) is 0 Å². The monoisotopic (exact) mass is 442 g/mol. The molecule has 0 aliphatic rings. The Morgan fingerprint density at radius 3 is 2.59 bits per heavy atom. The van der Waals surface area contributed by atoms with E-state index in [1.807, 2.05) is 71.4 Å². The van der Waals surface area contributed by atoms with Crippen molar-refractivity contribution in [2.45, 2.75) is 6.61 Å². The summed E-state index contributed by atoms with van der Waals surface area (Å²) >= 11 is 9.40. The predicted octanol–water partition coefficient (Wildman–Crippen LogP) is 6.00. The third-order valence-electron chi connectivity index (χ3n) is 4.18. The molecule has 0 fully saturated rings. The van der Waals surface area contributed by atoms with Gasteiger partial charge in [-0.05, 0) is 64.0 Å². The van der Waals surface area contributed by atoms with Crippen molar-refractivity contribution in [3.63, 3.8) is 0 Å². The maximum atomic E-state index is 5.92. The number of hydrogen-bond acceptors (Lipinski definition) is 3. The number of methoxy groups -OCH3 is 1. The number of halogens is 2. The van der Waals surface area contributed by atoms with Gasteiger partial charge in [-0.3, -0.25) is 0 Å². The van der Waals surface area contributed by atoms with Gasteiger partial charge in [0.25, 0.3) is 0 Å². The van der Waals surface area contributed by atoms with E-state index in [1.165, 1.54) is 0 Å². The summed E-state index contributed by atoms with van der Waals surface area (Å²) in [4.78, 5) is 4.66. The molecule has 0 aliphatic heterocycles. The first-order chi connectivity index (χ1) is 13.1. The molecule has 27 heavy (non-hydrogen) atoms. The first-order valence-corrected chi connectivity index (χ1v) is 9.49. The molecule has 0 saturated heterocycles. The largest absolute Gasteiger partial charge is 0.493 e. The second kappa shape index (κ2) is 7.62. The van der Waals surface area contributed by atoms with Crippen LogP contribution < -0.4 is 9.47 Å². The van der Waals surface area contributed by atoms with Gasteiger partial charge < -0.3 is 13.9 Å². The molecular formula is C21H16BrClN2O2. The van der Waals surface area contributed by atoms with Crippen LogP contribution in [0.2, 0.25) is 5.02 Å². The van der Waals surface area contributed by atoms with Crippen molar-refractivity contribution < 1.29 is 9.47 Å². The van der Waals surface area contributed by atoms with Gasteiger partial charge in [0.1, 0.15) is 12.3 Å². The first kappa shape index (κ1) is 17.9. The molecule has 4 nitrogen and oxygen atoms in total. The van der Waals surface area contributed by atoms with Gasteiger partial charge in [0, 0.05) is 27.5 Å². The van der Waals surface area contributed by atoms with Crippen LogP contribution in [0.4, 0.5) is 0 Å². The fourth-order valence-corrected chi connectivity index (χ4v) is 3.27. The molecule has 2 aromatic heterocycles. The van der Waals surface area contributed by atoms with Crippen molar-refractivity contribution in [3.05, 3.63) is 82.0 Å². The summed E-state index contributed by atoms with van der Waals surface area (Å²) in [5.41, 5.74) is 3.76. The van der Waals surface area contributed by atoms with Crippen molar-refractivity contribution in [2.24, 2.45) is 0 Å². The van der Waals surface area contributed by atoms with Crippen LogP contribution >= 0.6 is 27.5 Å². The van der Waals surface area contributed by atoms with E-state index in [1.54, 1.807) is 7.11 Å². The SMILES string of the molecule is COc1cc(-c2cn3cc(Br)ccc3n2)ccc1OCc1ccc(Cl)cc1. The quantitative estimate of drug-likeness (QED) is 0.379. The molecule has 4 rings (SSSR count). The van der Waals surface area contributed by atoms with Crippen molar-refractivity contribution >= 4 is 33.2 Å². The highest BCUT2D eigenvalue weighted by molar-refractivity contribution is 9.10. The second-order valence-corrected chi connectivity index (χ2v) is 7.37. The Hall–Kier alpha value is -2.50. The Morgan fingerprint density at radius 2 is 1.81 bits per heavy atom. The third kappa shape index (κ3) is 3.94. The second-order valence-electron chi connectivity index (χ2n) is 6.02. The van der Waals surface area contributed by atoms with Crippen LogP contribution in [0.25, 0.3) is 16.9 Å². The molecule has 0 unspecified atom stereocenters. The number of rotatable bonds is 5. The van der Waals surface area contributed by atoms with Crippen LogP contribution in [0.3, 0.4) is 0 Å². The van der Waals surface area contributed by atoms with E-state index in [9.17, 15) is 0 Å². The molecule has 0 aliphatic carbocycles. The maximum Gasteiger partial charge on any atom is 0.161 e. The molecule has 0 saturated carbocycles. The topological polar surface area (TPSA) is 35.8 Å². The zero-order valence-corrected chi connectivity index (χ0v) is 16.9. The van der Waals surface area contributed by atoms with Crippen LogP contribution in [0.1, 0.15) is 5.56 Å². The number of nitrogens with zero attached hydrogens (tertiary/aromatic N) is 2. The molecule has 0 spiro atoms. The summed E-state index contributed by atoms with van der Waals surface area (Å²) < 4.78 is 14.4. The lowest BCUT2D eigenvalue weighted by Gasteiger charge is -2.12. The molecule has 0 bridgehead atoms. The number of benzene rings is 2. The van der Waals surface area contributed by atoms with Gasteiger partial charge in [-0.2, -0.15) is 0 Å². The van der Waals surface area contributed by atoms with E-state index in [0.717, 1.165) is 26.9 Å². The van der Waals surface area contributed by atoms with Gasteiger partial charge in [0.2, 0.25) is 0 Å². The molecule has 4 aromatic rings. The molecule has 0 radical (unpaired) electrons. The summed E-state index contributed by atoms with van der Waals surface area (Å²) in [6.07, 6.45) is 3.97. The number of fused-ring (bicyclic) bond motifs is 1. The standard InChI is InChI=1S/C21H16BrClN2O2/c1-26-20-10-15(18-12-25-11-16(22)5-9-21(25)24-18)4-8-19(20)27-13-14-2-6-17(23)7-3-14/h2-12H,13H2,1H3. The van der Waals surface area contributed by atoms with E-state index in [2.05, 4.69) is 20.9 Å². The zero-order valence-electron chi connectivity index (χ0n) is 14.5. The Labute approximate surface area is 170 Å². The Kier molecular flexibility index (Phi) is 5.05. The van der Waals surface area contributed by atoms with E-state index < -0.39 is 0 Å². The Morgan fingerprint density at radius 1 is 1.00 bits per heavy atom. The van der Waals surface area contributed by atoms with Gasteiger partial charge in [-0.25, -0.2) is 4.98 Å². The van der Waals surface area contributed by atoms with Gasteiger partial charge in [0.15, 0.2) is 11.5 Å². The molecule has 0 N–H and O–H groups in total. The number of imidazole rings is 1. The number of pyridine rings is 1. The summed E-state index contributed by atoms with van der Waals surface area (Å²) in [7, 11) is 1.63. The summed E-state index contributed by atoms with van der Waals surface area (Å²) in [6.45, 7) is 0.440. The molecule has 2 heterocycles. The van der Waals surface area contributed by atoms with Crippen molar-refractivity contribution in [1.82, 2.24) is 9.38 Å². The van der Waals surface area contributed by atoms with E-state index in [0.29, 0.717) is 23.1 Å². The van der Waals surface area contributed by atoms with Gasteiger partial charge in [-0.1, -0.05) is 23.7 Å². The molecule has 0 atom stereocenters. The highest BCUT2D eigenvalue weighted by Gasteiger charge is 2.10. The lowest BCUT2D eigenvalue weighted by atomic mass is 10.1. The fourth-order valence-electron chi connectivity index (χ4n) is 2.79. The van der Waals surface area contributed by atoms with E-state index in [-0.39, 0.29) is 0 Å². The minimum atomic E-state index is 0.440. The first-order valence-electron chi connectivity index (χ1n) is 8.32. The van der Waals surface area contributed by atoms with Crippen molar-refractivity contribution in [3.8, 4) is 22.8 Å². The number of ether oxygens (including phenoxy) is 2. The van der Waals surface area contributed by atoms with E-state index in [4.69, 9.17) is 21.1 Å². The molecule has 136 valence electrons. The van der Waals surface area contributed by atoms with Crippen LogP contribution in [0, 0.1) is 0 Å². The average molecular weight is 444 g/mol. The maximum absolute atomic E-state index is 5.92. The summed E-state index contributed by atoms with van der Waals surface area (Å²) in [6, 6.07) is 17.4. The lowest BCUT2D eigenvalue weighted by molar-refractivity contribution is 0.284. The van der Waals surface area contributed by atoms with Crippen LogP contribution in [0.5, 0.6) is 11.5 Å². The highest BCUT2D eigenvalue weighted by Crippen LogP contribution is 2.33. The Balaban J connectivity index is 1.59.